The molecule has 0 spiro atoms. The van der Waals surface area contributed by atoms with Gasteiger partial charge in [0.05, 0.1) is 34.4 Å². The fourth-order valence-electron chi connectivity index (χ4n) is 4.26. The van der Waals surface area contributed by atoms with E-state index >= 15 is 0 Å². The van der Waals surface area contributed by atoms with E-state index in [0.29, 0.717) is 23.5 Å². The fourth-order valence-corrected chi connectivity index (χ4v) is 6.23. The number of alkyl halides is 1. The minimum atomic E-state index is -0.756. The van der Waals surface area contributed by atoms with Crippen LogP contribution in [0.2, 0.25) is 0 Å². The van der Waals surface area contributed by atoms with E-state index in [4.69, 9.17) is 14.2 Å². The van der Waals surface area contributed by atoms with Gasteiger partial charge in [-0.05, 0) is 23.4 Å². The highest BCUT2D eigenvalue weighted by Gasteiger charge is 2.54. The highest BCUT2D eigenvalue weighted by molar-refractivity contribution is 14.1. The van der Waals surface area contributed by atoms with Gasteiger partial charge in [-0.15, -0.1) is 11.8 Å². The molecule has 2 aromatic carbocycles. The Bertz CT molecular complexity index is 1020. The predicted octanol–water partition coefficient (Wildman–Crippen LogP) is 4.08. The lowest BCUT2D eigenvalue weighted by atomic mass is 9.99. The lowest BCUT2D eigenvalue weighted by Crippen LogP contribution is -2.64. The topological polar surface area (TPSA) is 82.1 Å². The van der Waals surface area contributed by atoms with Gasteiger partial charge in [0.1, 0.15) is 17.6 Å². The summed E-state index contributed by atoms with van der Waals surface area (Å²) in [4.78, 5) is 39.9. The first-order valence-corrected chi connectivity index (χ1v) is 13.4. The number of rotatable bonds is 8. The predicted molar refractivity (Wildman–Crippen MR) is 137 cm³/mol. The van der Waals surface area contributed by atoms with Crippen LogP contribution in [0.5, 0.6) is 0 Å². The van der Waals surface area contributed by atoms with Crippen LogP contribution in [0.3, 0.4) is 0 Å². The summed E-state index contributed by atoms with van der Waals surface area (Å²) in [6.45, 7) is 4.03. The molecule has 0 saturated carbocycles. The molecule has 2 aliphatic rings. The third kappa shape index (κ3) is 5.17. The van der Waals surface area contributed by atoms with Crippen molar-refractivity contribution in [1.82, 2.24) is 4.90 Å². The van der Waals surface area contributed by atoms with Crippen LogP contribution in [0.15, 0.2) is 54.6 Å². The lowest BCUT2D eigenvalue weighted by molar-refractivity contribution is -0.164. The van der Waals surface area contributed by atoms with E-state index in [2.05, 4.69) is 22.6 Å². The quantitative estimate of drug-likeness (QED) is 0.197. The van der Waals surface area contributed by atoms with Crippen molar-refractivity contribution < 1.29 is 28.6 Å². The second-order valence-corrected chi connectivity index (χ2v) is 10.8. The molecule has 0 bridgehead atoms. The molecule has 0 N–H and O–H groups in total. The molecule has 1 fully saturated rings. The van der Waals surface area contributed by atoms with Crippen LogP contribution >= 0.6 is 34.4 Å². The van der Waals surface area contributed by atoms with Crippen LogP contribution in [0.25, 0.3) is 0 Å². The van der Waals surface area contributed by atoms with E-state index < -0.39 is 35.4 Å². The zero-order valence-electron chi connectivity index (χ0n) is 18.9. The van der Waals surface area contributed by atoms with E-state index in [-0.39, 0.29) is 16.6 Å². The number of esters is 1. The minimum absolute atomic E-state index is 0.288. The molecular weight excluding hydrogens is 569 g/mol. The molecule has 180 valence electrons. The third-order valence-electron chi connectivity index (χ3n) is 5.74. The number of nitrogens with zero attached hydrogens (tertiary/aromatic N) is 1. The van der Waals surface area contributed by atoms with Gasteiger partial charge in [0.15, 0.2) is 0 Å². The Kier molecular flexibility index (Phi) is 8.28. The molecule has 34 heavy (non-hydrogen) atoms. The number of thioether (sulfide) groups is 1. The maximum Gasteiger partial charge on any atom is 0.303 e. The van der Waals surface area contributed by atoms with Crippen LogP contribution in [0, 0.1) is 0 Å². The smallest absolute Gasteiger partial charge is 0.303 e. The summed E-state index contributed by atoms with van der Waals surface area (Å²) in [5, 5.41) is 0. The molecule has 2 aromatic rings. The third-order valence-corrected chi connectivity index (χ3v) is 8.31. The summed E-state index contributed by atoms with van der Waals surface area (Å²) in [6, 6.07) is 15.8. The number of imide groups is 1. The summed E-state index contributed by atoms with van der Waals surface area (Å²) >= 11 is 3.66. The van der Waals surface area contributed by atoms with Gasteiger partial charge in [-0.3, -0.25) is 19.3 Å². The molecule has 2 heterocycles. The summed E-state index contributed by atoms with van der Waals surface area (Å²) in [6.07, 6.45) is -1.12. The Morgan fingerprint density at radius 3 is 2.26 bits per heavy atom. The Hall–Kier alpha value is -1.95. The Labute approximate surface area is 216 Å². The van der Waals surface area contributed by atoms with Gasteiger partial charge in [-0.25, -0.2) is 0 Å². The van der Waals surface area contributed by atoms with Crippen molar-refractivity contribution in [2.75, 3.05) is 12.4 Å². The van der Waals surface area contributed by atoms with Gasteiger partial charge in [-0.2, -0.15) is 0 Å². The number of ether oxygens (including phenoxy) is 3. The van der Waals surface area contributed by atoms with Crippen LogP contribution in [-0.2, 0) is 25.6 Å². The zero-order valence-corrected chi connectivity index (χ0v) is 21.9. The molecule has 2 amide bonds. The number of hydrogen-bond acceptors (Lipinski definition) is 7. The highest BCUT2D eigenvalue weighted by Crippen LogP contribution is 2.39. The molecule has 1 saturated heterocycles. The van der Waals surface area contributed by atoms with Crippen LogP contribution in [-0.4, -0.2) is 62.7 Å². The second-order valence-electron chi connectivity index (χ2n) is 8.03. The highest BCUT2D eigenvalue weighted by atomic mass is 127. The van der Waals surface area contributed by atoms with Crippen LogP contribution in [0.4, 0.5) is 0 Å². The molecule has 2 aliphatic heterocycles. The number of fused-ring (bicyclic) bond motifs is 1. The summed E-state index contributed by atoms with van der Waals surface area (Å²) < 4.78 is 17.8. The average Bonchev–Trinajstić information content (AvgIpc) is 3.08. The molecule has 0 aliphatic carbocycles. The second kappa shape index (κ2) is 11.2. The Morgan fingerprint density at radius 1 is 1.06 bits per heavy atom. The van der Waals surface area contributed by atoms with Crippen molar-refractivity contribution in [3.8, 4) is 0 Å². The van der Waals surface area contributed by atoms with Crippen LogP contribution in [0.1, 0.15) is 40.1 Å². The molecule has 7 nitrogen and oxygen atoms in total. The van der Waals surface area contributed by atoms with Crippen molar-refractivity contribution in [3.05, 3.63) is 71.3 Å². The molecular formula is C25H26INO6S. The number of carbonyl (C=O) groups is 3. The molecule has 9 heteroatoms. The standard InChI is InChI=1S/C25H26INO6S/c1-3-34-25-21(27-23(29)17-11-7-8-12-18(17)24(27)30)22(32-15(2)28)20(26)19(33-25)14-31-13-16-9-5-4-6-10-16/h4-12,19-22,25H,3,13-14H2,1-2H3/t19-,20+,21-,22+,25+/m1/s1. The Morgan fingerprint density at radius 2 is 1.68 bits per heavy atom. The van der Waals surface area contributed by atoms with Crippen molar-refractivity contribution in [2.24, 2.45) is 0 Å². The van der Waals surface area contributed by atoms with Gasteiger partial charge in [0.25, 0.3) is 11.8 Å². The summed E-state index contributed by atoms with van der Waals surface area (Å²) in [7, 11) is 0. The lowest BCUT2D eigenvalue weighted by Gasteiger charge is -2.46. The van der Waals surface area contributed by atoms with Gasteiger partial charge >= 0.3 is 5.97 Å². The van der Waals surface area contributed by atoms with Crippen LogP contribution < -0.4 is 0 Å². The normalized spacial score (nSPS) is 26.4. The fraction of sp³-hybridized carbons (Fsp3) is 0.400. The van der Waals surface area contributed by atoms with Crippen molar-refractivity contribution in [3.63, 3.8) is 0 Å². The first kappa shape index (κ1) is 25.2. The minimum Gasteiger partial charge on any atom is -0.459 e. The van der Waals surface area contributed by atoms with Gasteiger partial charge in [-0.1, -0.05) is 72.0 Å². The van der Waals surface area contributed by atoms with E-state index in [0.717, 1.165) is 5.56 Å². The van der Waals surface area contributed by atoms with E-state index in [9.17, 15) is 14.4 Å². The average molecular weight is 595 g/mol. The van der Waals surface area contributed by atoms with Crippen molar-refractivity contribution >= 4 is 52.1 Å². The number of halogens is 1. The Balaban J connectivity index is 1.59. The van der Waals surface area contributed by atoms with Gasteiger partial charge < -0.3 is 14.2 Å². The maximum atomic E-state index is 13.3. The maximum absolute atomic E-state index is 13.3. The number of hydrogen-bond donors (Lipinski definition) is 0. The summed E-state index contributed by atoms with van der Waals surface area (Å²) in [5.74, 6) is -0.564. The molecule has 4 rings (SSSR count). The molecule has 0 unspecified atom stereocenters. The number of amides is 2. The van der Waals surface area contributed by atoms with Gasteiger partial charge in [0, 0.05) is 6.92 Å². The van der Waals surface area contributed by atoms with E-state index in [1.807, 2.05) is 37.3 Å². The van der Waals surface area contributed by atoms with Crippen molar-refractivity contribution in [1.29, 1.82) is 0 Å². The number of benzene rings is 2. The molecule has 5 atom stereocenters. The molecule has 0 aromatic heterocycles. The van der Waals surface area contributed by atoms with Crippen molar-refractivity contribution in [2.45, 2.75) is 48.1 Å². The first-order valence-electron chi connectivity index (χ1n) is 11.1. The molecule has 0 radical (unpaired) electrons. The van der Waals surface area contributed by atoms with E-state index in [1.54, 1.807) is 24.3 Å². The largest absolute Gasteiger partial charge is 0.459 e. The van der Waals surface area contributed by atoms with Gasteiger partial charge in [0.2, 0.25) is 0 Å². The SMILES string of the molecule is CCS[C@@H]1O[C@H](COCc2ccccc2)[C@H](I)[C@H](OC(C)=O)[C@H]1N1C(=O)c2ccccc2C1=O. The van der Waals surface area contributed by atoms with E-state index in [1.165, 1.54) is 23.6 Å². The zero-order chi connectivity index (χ0) is 24.2. The monoisotopic (exact) mass is 595 g/mol. The number of carbonyl (C=O) groups excluding carboxylic acids is 3. The first-order chi connectivity index (χ1) is 16.4. The summed E-state index contributed by atoms with van der Waals surface area (Å²) in [5.41, 5.74) is 1.19.